The molecule has 1 aromatic rings. The van der Waals surface area contributed by atoms with Crippen molar-refractivity contribution in [3.05, 3.63) is 48.6 Å². The molecule has 3 heteroatoms. The van der Waals surface area contributed by atoms with Crippen molar-refractivity contribution in [3.63, 3.8) is 0 Å². The summed E-state index contributed by atoms with van der Waals surface area (Å²) in [5.41, 5.74) is 3.36. The van der Waals surface area contributed by atoms with Gasteiger partial charge < -0.3 is 0 Å². The number of hydrazone groups is 1. The highest BCUT2D eigenvalue weighted by molar-refractivity contribution is 5.80. The molecule has 3 nitrogen and oxygen atoms in total. The third kappa shape index (κ3) is 3.67. The van der Waals surface area contributed by atoms with Gasteiger partial charge in [0.2, 0.25) is 5.91 Å². The molecule has 1 amide bonds. The quantitative estimate of drug-likeness (QED) is 0.565. The Morgan fingerprint density at radius 1 is 1.43 bits per heavy atom. The minimum atomic E-state index is -0.130. The molecule has 0 heterocycles. The SMILES string of the molecule is C=CC=NNC(=O)Cc1ccccc1. The molecule has 1 N–H and O–H groups in total. The van der Waals surface area contributed by atoms with E-state index in [4.69, 9.17) is 0 Å². The third-order valence-corrected chi connectivity index (χ3v) is 1.58. The summed E-state index contributed by atoms with van der Waals surface area (Å²) in [5.74, 6) is -0.130. The standard InChI is InChI=1S/C11H12N2O/c1-2-8-12-13-11(14)9-10-6-4-3-5-7-10/h2-8H,1,9H2,(H,13,14). The zero-order valence-corrected chi connectivity index (χ0v) is 7.81. The van der Waals surface area contributed by atoms with Crippen molar-refractivity contribution in [3.8, 4) is 0 Å². The topological polar surface area (TPSA) is 41.5 Å². The van der Waals surface area contributed by atoms with Crippen LogP contribution in [0, 0.1) is 0 Å². The number of hydrogen-bond donors (Lipinski definition) is 1. The van der Waals surface area contributed by atoms with Gasteiger partial charge >= 0.3 is 0 Å². The third-order valence-electron chi connectivity index (χ3n) is 1.58. The molecule has 1 aromatic carbocycles. The summed E-state index contributed by atoms with van der Waals surface area (Å²) in [7, 11) is 0. The van der Waals surface area contributed by atoms with Crippen molar-refractivity contribution in [1.29, 1.82) is 0 Å². The molecule has 0 aliphatic carbocycles. The van der Waals surface area contributed by atoms with Gasteiger partial charge in [0.1, 0.15) is 0 Å². The Hall–Kier alpha value is -1.90. The molecule has 0 aliphatic heterocycles. The van der Waals surface area contributed by atoms with Crippen molar-refractivity contribution < 1.29 is 4.79 Å². The van der Waals surface area contributed by atoms with Crippen LogP contribution < -0.4 is 5.43 Å². The van der Waals surface area contributed by atoms with E-state index in [2.05, 4.69) is 17.1 Å². The summed E-state index contributed by atoms with van der Waals surface area (Å²) in [4.78, 5) is 11.2. The molecule has 0 aliphatic rings. The second-order valence-electron chi connectivity index (χ2n) is 2.71. The molecular formula is C11H12N2O. The van der Waals surface area contributed by atoms with Crippen molar-refractivity contribution >= 4 is 12.1 Å². The first-order valence-electron chi connectivity index (χ1n) is 4.30. The molecule has 0 saturated carbocycles. The molecular weight excluding hydrogens is 176 g/mol. The van der Waals surface area contributed by atoms with E-state index in [1.54, 1.807) is 0 Å². The maximum absolute atomic E-state index is 11.2. The summed E-state index contributed by atoms with van der Waals surface area (Å²) in [6.45, 7) is 3.44. The maximum Gasteiger partial charge on any atom is 0.244 e. The number of nitrogens with zero attached hydrogens (tertiary/aromatic N) is 1. The summed E-state index contributed by atoms with van der Waals surface area (Å²) < 4.78 is 0. The molecule has 0 unspecified atom stereocenters. The lowest BCUT2D eigenvalue weighted by molar-refractivity contribution is -0.120. The Bertz CT molecular complexity index is 330. The van der Waals surface area contributed by atoms with Crippen molar-refractivity contribution in [1.82, 2.24) is 5.43 Å². The number of amides is 1. The van der Waals surface area contributed by atoms with Gasteiger partial charge in [-0.1, -0.05) is 36.9 Å². The molecule has 0 fully saturated rings. The van der Waals surface area contributed by atoms with Crippen molar-refractivity contribution in [2.45, 2.75) is 6.42 Å². The average molecular weight is 188 g/mol. The van der Waals surface area contributed by atoms with Gasteiger partial charge in [-0.15, -0.1) is 0 Å². The first-order valence-corrected chi connectivity index (χ1v) is 4.30. The largest absolute Gasteiger partial charge is 0.273 e. The number of carbonyl (C=O) groups is 1. The van der Waals surface area contributed by atoms with E-state index in [0.29, 0.717) is 6.42 Å². The van der Waals surface area contributed by atoms with E-state index in [-0.39, 0.29) is 5.91 Å². The normalized spacial score (nSPS) is 10.0. The summed E-state index contributed by atoms with van der Waals surface area (Å²) >= 11 is 0. The van der Waals surface area contributed by atoms with Crippen LogP contribution in [0.15, 0.2) is 48.1 Å². The molecule has 0 atom stereocenters. The van der Waals surface area contributed by atoms with Gasteiger partial charge in [0, 0.05) is 6.21 Å². The van der Waals surface area contributed by atoms with Gasteiger partial charge in [0.25, 0.3) is 0 Å². The van der Waals surface area contributed by atoms with Crippen LogP contribution in [0.3, 0.4) is 0 Å². The molecule has 0 aromatic heterocycles. The van der Waals surface area contributed by atoms with E-state index in [9.17, 15) is 4.79 Å². The Morgan fingerprint density at radius 2 is 2.14 bits per heavy atom. The molecule has 72 valence electrons. The van der Waals surface area contributed by atoms with E-state index in [1.165, 1.54) is 12.3 Å². The zero-order chi connectivity index (χ0) is 10.2. The summed E-state index contributed by atoms with van der Waals surface area (Å²) in [5, 5.41) is 3.64. The molecule has 0 radical (unpaired) electrons. The summed E-state index contributed by atoms with van der Waals surface area (Å²) in [6.07, 6.45) is 3.28. The molecule has 0 bridgehead atoms. The van der Waals surface area contributed by atoms with E-state index < -0.39 is 0 Å². The highest BCUT2D eigenvalue weighted by Gasteiger charge is 1.99. The zero-order valence-electron chi connectivity index (χ0n) is 7.81. The van der Waals surface area contributed by atoms with Crippen molar-refractivity contribution in [2.24, 2.45) is 5.10 Å². The second kappa shape index (κ2) is 5.70. The van der Waals surface area contributed by atoms with Gasteiger partial charge in [-0.05, 0) is 11.6 Å². The number of rotatable bonds is 4. The number of hydrogen-bond acceptors (Lipinski definition) is 2. The van der Waals surface area contributed by atoms with Crippen LogP contribution in [0.4, 0.5) is 0 Å². The highest BCUT2D eigenvalue weighted by atomic mass is 16.2. The average Bonchev–Trinajstić information content (AvgIpc) is 2.20. The van der Waals surface area contributed by atoms with Gasteiger partial charge in [-0.2, -0.15) is 5.10 Å². The monoisotopic (exact) mass is 188 g/mol. The predicted molar refractivity (Wildman–Crippen MR) is 57.0 cm³/mol. The Kier molecular flexibility index (Phi) is 4.14. The van der Waals surface area contributed by atoms with Crippen LogP contribution >= 0.6 is 0 Å². The first kappa shape index (κ1) is 10.2. The minimum Gasteiger partial charge on any atom is -0.273 e. The molecule has 0 spiro atoms. The fourth-order valence-corrected chi connectivity index (χ4v) is 0.983. The van der Waals surface area contributed by atoms with Crippen molar-refractivity contribution in [2.75, 3.05) is 0 Å². The predicted octanol–water partition coefficient (Wildman–Crippen LogP) is 1.52. The summed E-state index contributed by atoms with van der Waals surface area (Å²) in [6, 6.07) is 9.51. The van der Waals surface area contributed by atoms with Crippen LogP contribution in [0.2, 0.25) is 0 Å². The van der Waals surface area contributed by atoms with E-state index in [0.717, 1.165) is 5.56 Å². The highest BCUT2D eigenvalue weighted by Crippen LogP contribution is 1.98. The fraction of sp³-hybridized carbons (Fsp3) is 0.0909. The minimum absolute atomic E-state index is 0.130. The molecule has 1 rings (SSSR count). The lowest BCUT2D eigenvalue weighted by atomic mass is 10.1. The van der Waals surface area contributed by atoms with Crippen LogP contribution in [0.5, 0.6) is 0 Å². The lowest BCUT2D eigenvalue weighted by Crippen LogP contribution is -2.19. The lowest BCUT2D eigenvalue weighted by Gasteiger charge is -1.98. The van der Waals surface area contributed by atoms with E-state index in [1.807, 2.05) is 30.3 Å². The van der Waals surface area contributed by atoms with Crippen LogP contribution in [-0.4, -0.2) is 12.1 Å². The number of carbonyl (C=O) groups excluding carboxylic acids is 1. The van der Waals surface area contributed by atoms with Gasteiger partial charge in [0.05, 0.1) is 6.42 Å². The van der Waals surface area contributed by atoms with Gasteiger partial charge in [-0.25, -0.2) is 5.43 Å². The Balaban J connectivity index is 2.42. The molecule has 14 heavy (non-hydrogen) atoms. The van der Waals surface area contributed by atoms with Crippen LogP contribution in [-0.2, 0) is 11.2 Å². The fourth-order valence-electron chi connectivity index (χ4n) is 0.983. The first-order chi connectivity index (χ1) is 6.83. The van der Waals surface area contributed by atoms with Crippen LogP contribution in [0.1, 0.15) is 5.56 Å². The second-order valence-corrected chi connectivity index (χ2v) is 2.71. The number of allylic oxidation sites excluding steroid dienone is 1. The number of nitrogens with one attached hydrogen (secondary N) is 1. The van der Waals surface area contributed by atoms with Gasteiger partial charge in [0.15, 0.2) is 0 Å². The maximum atomic E-state index is 11.2. The molecule has 0 saturated heterocycles. The smallest absolute Gasteiger partial charge is 0.244 e. The van der Waals surface area contributed by atoms with Gasteiger partial charge in [-0.3, -0.25) is 4.79 Å². The van der Waals surface area contributed by atoms with Crippen LogP contribution in [0.25, 0.3) is 0 Å². The van der Waals surface area contributed by atoms with E-state index >= 15 is 0 Å². The Morgan fingerprint density at radius 3 is 2.79 bits per heavy atom. The number of benzene rings is 1. The Labute approximate surface area is 83.1 Å².